The Balaban J connectivity index is 2.62. The molecule has 0 spiro atoms. The molecule has 4 N–H and O–H groups in total. The van der Waals surface area contributed by atoms with Crippen molar-refractivity contribution in [1.29, 1.82) is 0 Å². The van der Waals surface area contributed by atoms with Gasteiger partial charge in [-0.3, -0.25) is 4.79 Å². The van der Waals surface area contributed by atoms with Gasteiger partial charge in [-0.05, 0) is 6.07 Å². The number of rotatable bonds is 4. The molecule has 7 heteroatoms. The van der Waals surface area contributed by atoms with Gasteiger partial charge in [-0.25, -0.2) is 9.97 Å². The molecule has 1 aromatic rings. The van der Waals surface area contributed by atoms with Crippen molar-refractivity contribution in [3.8, 4) is 0 Å². The third-order valence-electron chi connectivity index (χ3n) is 1.82. The van der Waals surface area contributed by atoms with Crippen molar-refractivity contribution in [2.75, 3.05) is 11.5 Å². The van der Waals surface area contributed by atoms with Crippen LogP contribution in [0.4, 0.5) is 5.95 Å². The smallest absolute Gasteiger partial charge is 0.220 e. The molecule has 0 aliphatic carbocycles. The number of nitrogen functional groups attached to an aromatic ring is 1. The highest BCUT2D eigenvalue weighted by Crippen LogP contribution is 2.18. The molecule has 1 heterocycles. The monoisotopic (exact) mass is 243 g/mol. The van der Waals surface area contributed by atoms with E-state index in [0.717, 1.165) is 11.8 Å². The first-order chi connectivity index (χ1) is 7.50. The van der Waals surface area contributed by atoms with Crippen LogP contribution in [0.2, 0.25) is 0 Å². The minimum absolute atomic E-state index is 0.0305. The summed E-state index contributed by atoms with van der Waals surface area (Å²) in [5, 5.41) is 19.2. The zero-order valence-corrected chi connectivity index (χ0v) is 9.52. The summed E-state index contributed by atoms with van der Waals surface area (Å²) in [6, 6.07) is 1.46. The number of thioether (sulfide) groups is 1. The largest absolute Gasteiger partial charge is 0.389 e. The Labute approximate surface area is 96.9 Å². The second-order valence-corrected chi connectivity index (χ2v) is 4.35. The van der Waals surface area contributed by atoms with Gasteiger partial charge < -0.3 is 15.9 Å². The number of anilines is 1. The number of hydrogen-bond donors (Lipinski definition) is 3. The lowest BCUT2D eigenvalue weighted by Gasteiger charge is -2.16. The second kappa shape index (κ2) is 5.78. The van der Waals surface area contributed by atoms with Crippen molar-refractivity contribution in [2.45, 2.75) is 19.1 Å². The molecule has 16 heavy (non-hydrogen) atoms. The fourth-order valence-corrected chi connectivity index (χ4v) is 1.63. The van der Waals surface area contributed by atoms with E-state index in [0.29, 0.717) is 0 Å². The maximum Gasteiger partial charge on any atom is 0.220 e. The molecule has 0 amide bonds. The molecule has 0 aromatic carbocycles. The Hall–Kier alpha value is -1.18. The molecule has 88 valence electrons. The first kappa shape index (κ1) is 12.9. The van der Waals surface area contributed by atoms with Gasteiger partial charge in [0, 0.05) is 18.9 Å². The van der Waals surface area contributed by atoms with Gasteiger partial charge in [0.2, 0.25) is 5.95 Å². The molecule has 0 bridgehead atoms. The summed E-state index contributed by atoms with van der Waals surface area (Å²) in [5.41, 5.74) is 5.58. The molecule has 0 saturated heterocycles. The highest BCUT2D eigenvalue weighted by molar-refractivity contribution is 8.13. The molecule has 0 radical (unpaired) electrons. The van der Waals surface area contributed by atoms with E-state index < -0.39 is 12.2 Å². The second-order valence-electron chi connectivity index (χ2n) is 3.15. The quantitative estimate of drug-likeness (QED) is 0.668. The van der Waals surface area contributed by atoms with E-state index in [-0.39, 0.29) is 22.5 Å². The average Bonchev–Trinajstić information content (AvgIpc) is 2.24. The van der Waals surface area contributed by atoms with Crippen LogP contribution < -0.4 is 5.73 Å². The Morgan fingerprint density at radius 2 is 2.31 bits per heavy atom. The van der Waals surface area contributed by atoms with Gasteiger partial charge in [0.25, 0.3) is 0 Å². The zero-order valence-electron chi connectivity index (χ0n) is 8.70. The van der Waals surface area contributed by atoms with Crippen molar-refractivity contribution in [1.82, 2.24) is 9.97 Å². The third kappa shape index (κ3) is 3.76. The van der Waals surface area contributed by atoms with Crippen LogP contribution in [-0.2, 0) is 4.79 Å². The number of carbonyl (C=O) groups is 1. The summed E-state index contributed by atoms with van der Waals surface area (Å²) in [4.78, 5) is 18.1. The van der Waals surface area contributed by atoms with Crippen LogP contribution in [-0.4, -0.2) is 37.2 Å². The van der Waals surface area contributed by atoms with Crippen molar-refractivity contribution >= 4 is 22.8 Å². The van der Waals surface area contributed by atoms with Crippen molar-refractivity contribution < 1.29 is 15.0 Å². The zero-order chi connectivity index (χ0) is 12.1. The molecular formula is C9H13N3O3S. The molecule has 2 atom stereocenters. The van der Waals surface area contributed by atoms with Crippen LogP contribution in [0.25, 0.3) is 0 Å². The van der Waals surface area contributed by atoms with Gasteiger partial charge in [-0.1, -0.05) is 11.8 Å². The summed E-state index contributed by atoms with van der Waals surface area (Å²) >= 11 is 0.943. The summed E-state index contributed by atoms with van der Waals surface area (Å²) in [5.74, 6) is 0.142. The molecule has 1 rings (SSSR count). The topological polar surface area (TPSA) is 109 Å². The molecule has 0 aliphatic rings. The van der Waals surface area contributed by atoms with E-state index in [1.165, 1.54) is 19.2 Å². The Kier molecular flexibility index (Phi) is 4.66. The Morgan fingerprint density at radius 3 is 2.88 bits per heavy atom. The Bertz CT molecular complexity index is 375. The van der Waals surface area contributed by atoms with E-state index in [2.05, 4.69) is 9.97 Å². The van der Waals surface area contributed by atoms with Gasteiger partial charge in [0.15, 0.2) is 5.12 Å². The number of aliphatic hydroxyl groups is 2. The lowest BCUT2D eigenvalue weighted by Crippen LogP contribution is -2.22. The fourth-order valence-electron chi connectivity index (χ4n) is 1.04. The van der Waals surface area contributed by atoms with Crippen LogP contribution in [0.3, 0.4) is 0 Å². The molecule has 0 aliphatic heterocycles. The molecule has 0 saturated carbocycles. The van der Waals surface area contributed by atoms with Gasteiger partial charge in [0.1, 0.15) is 6.10 Å². The molecule has 6 nitrogen and oxygen atoms in total. The van der Waals surface area contributed by atoms with Gasteiger partial charge in [-0.2, -0.15) is 0 Å². The molecule has 0 fully saturated rings. The summed E-state index contributed by atoms with van der Waals surface area (Å²) in [6.07, 6.45) is -0.841. The maximum absolute atomic E-state index is 10.7. The predicted molar refractivity (Wildman–Crippen MR) is 60.6 cm³/mol. The van der Waals surface area contributed by atoms with Gasteiger partial charge in [0.05, 0.1) is 11.8 Å². The van der Waals surface area contributed by atoms with Gasteiger partial charge >= 0.3 is 0 Å². The van der Waals surface area contributed by atoms with E-state index >= 15 is 0 Å². The minimum Gasteiger partial charge on any atom is -0.389 e. The summed E-state index contributed by atoms with van der Waals surface area (Å²) in [7, 11) is 0. The number of hydrogen-bond acceptors (Lipinski definition) is 7. The molecular weight excluding hydrogens is 230 g/mol. The fraction of sp³-hybridized carbons (Fsp3) is 0.444. The lowest BCUT2D eigenvalue weighted by atomic mass is 10.1. The predicted octanol–water partition coefficient (Wildman–Crippen LogP) is -0.267. The molecule has 1 aromatic heterocycles. The Morgan fingerprint density at radius 1 is 1.62 bits per heavy atom. The lowest BCUT2D eigenvalue weighted by molar-refractivity contribution is -0.109. The number of aromatic nitrogens is 2. The standard InChI is InChI=1S/C9H13N3O3S/c1-5(13)16-4-7(14)8(15)6-2-3-11-9(10)12-6/h2-3,7-8,14-15H,4H2,1H3,(H2,10,11,12). The van der Waals surface area contributed by atoms with Crippen molar-refractivity contribution in [3.05, 3.63) is 18.0 Å². The summed E-state index contributed by atoms with van der Waals surface area (Å²) < 4.78 is 0. The van der Waals surface area contributed by atoms with Crippen LogP contribution >= 0.6 is 11.8 Å². The normalized spacial score (nSPS) is 14.4. The number of carbonyl (C=O) groups excluding carboxylic acids is 1. The number of nitrogens with two attached hydrogens (primary N) is 1. The molecule has 2 unspecified atom stereocenters. The van der Waals surface area contributed by atoms with E-state index in [1.807, 2.05) is 0 Å². The van der Waals surface area contributed by atoms with Crippen LogP contribution in [0.1, 0.15) is 18.7 Å². The highest BCUT2D eigenvalue weighted by Gasteiger charge is 2.20. The van der Waals surface area contributed by atoms with E-state index in [1.54, 1.807) is 0 Å². The number of aliphatic hydroxyl groups excluding tert-OH is 2. The number of nitrogens with zero attached hydrogens (tertiary/aromatic N) is 2. The first-order valence-corrected chi connectivity index (χ1v) is 5.57. The first-order valence-electron chi connectivity index (χ1n) is 4.58. The van der Waals surface area contributed by atoms with Crippen LogP contribution in [0, 0.1) is 0 Å². The van der Waals surface area contributed by atoms with Crippen LogP contribution in [0.15, 0.2) is 12.3 Å². The summed E-state index contributed by atoms with van der Waals surface area (Å²) in [6.45, 7) is 1.40. The minimum atomic E-state index is -1.17. The van der Waals surface area contributed by atoms with E-state index in [4.69, 9.17) is 5.73 Å². The SMILES string of the molecule is CC(=O)SCC(O)C(O)c1ccnc(N)n1. The van der Waals surface area contributed by atoms with Crippen molar-refractivity contribution in [3.63, 3.8) is 0 Å². The average molecular weight is 243 g/mol. The van der Waals surface area contributed by atoms with Gasteiger partial charge in [-0.15, -0.1) is 0 Å². The van der Waals surface area contributed by atoms with Crippen molar-refractivity contribution in [2.24, 2.45) is 0 Å². The van der Waals surface area contributed by atoms with E-state index in [9.17, 15) is 15.0 Å². The third-order valence-corrected chi connectivity index (χ3v) is 2.74. The highest BCUT2D eigenvalue weighted by atomic mass is 32.2. The van der Waals surface area contributed by atoms with Crippen LogP contribution in [0.5, 0.6) is 0 Å². The maximum atomic E-state index is 10.7.